The molecule has 0 saturated heterocycles. The van der Waals surface area contributed by atoms with Crippen LogP contribution in [0, 0.1) is 5.92 Å². The molecular weight excluding hydrogens is 206 g/mol. The van der Waals surface area contributed by atoms with Gasteiger partial charge in [0.2, 0.25) is 0 Å². The Morgan fingerprint density at radius 1 is 1.12 bits per heavy atom. The van der Waals surface area contributed by atoms with Crippen LogP contribution in [0.25, 0.3) is 5.57 Å². The van der Waals surface area contributed by atoms with Crippen molar-refractivity contribution in [3.05, 3.63) is 61.0 Å². The van der Waals surface area contributed by atoms with Crippen LogP contribution in [-0.4, -0.2) is 4.98 Å². The first-order valence-corrected chi connectivity index (χ1v) is 5.89. The van der Waals surface area contributed by atoms with Gasteiger partial charge in [-0.15, -0.1) is 0 Å². The molecule has 1 heteroatoms. The van der Waals surface area contributed by atoms with Crippen molar-refractivity contribution in [1.82, 2.24) is 4.98 Å². The standard InChI is InChI=1S/C12H13N.C4H10/c1-4-10(3)12(5-2)11-6-8-13-9-7-11;1-4(2)3/h4-9H,1-2H2,3H3;4H,1-3H3/b12-10+;. The molecule has 92 valence electrons. The Bertz CT molecular complexity index is 369. The highest BCUT2D eigenvalue weighted by molar-refractivity contribution is 5.77. The minimum Gasteiger partial charge on any atom is -0.265 e. The number of allylic oxidation sites excluding steroid dienone is 4. The molecule has 1 aromatic rings. The summed E-state index contributed by atoms with van der Waals surface area (Å²) >= 11 is 0. The van der Waals surface area contributed by atoms with Gasteiger partial charge in [0.05, 0.1) is 0 Å². The lowest BCUT2D eigenvalue weighted by molar-refractivity contribution is 0.737. The molecule has 0 radical (unpaired) electrons. The molecule has 1 rings (SSSR count). The second-order valence-corrected chi connectivity index (χ2v) is 4.47. The van der Waals surface area contributed by atoms with Gasteiger partial charge in [-0.1, -0.05) is 46.1 Å². The molecule has 0 aliphatic carbocycles. The number of rotatable bonds is 3. The Labute approximate surface area is 106 Å². The molecule has 0 spiro atoms. The maximum atomic E-state index is 3.96. The van der Waals surface area contributed by atoms with Crippen LogP contribution < -0.4 is 0 Å². The van der Waals surface area contributed by atoms with Crippen molar-refractivity contribution in [3.8, 4) is 0 Å². The maximum absolute atomic E-state index is 3.96. The van der Waals surface area contributed by atoms with Gasteiger partial charge in [0.15, 0.2) is 0 Å². The summed E-state index contributed by atoms with van der Waals surface area (Å²) in [6, 6.07) is 3.92. The van der Waals surface area contributed by atoms with Crippen molar-refractivity contribution in [2.45, 2.75) is 27.7 Å². The van der Waals surface area contributed by atoms with Gasteiger partial charge in [0.25, 0.3) is 0 Å². The van der Waals surface area contributed by atoms with Gasteiger partial charge in [-0.3, -0.25) is 4.98 Å². The first-order valence-electron chi connectivity index (χ1n) is 5.89. The first kappa shape index (κ1) is 15.4. The van der Waals surface area contributed by atoms with Gasteiger partial charge in [-0.2, -0.15) is 0 Å². The number of hydrogen-bond acceptors (Lipinski definition) is 1. The van der Waals surface area contributed by atoms with E-state index in [0.717, 1.165) is 22.6 Å². The van der Waals surface area contributed by atoms with Crippen LogP contribution in [0.5, 0.6) is 0 Å². The van der Waals surface area contributed by atoms with Crippen molar-refractivity contribution in [2.75, 3.05) is 0 Å². The highest BCUT2D eigenvalue weighted by atomic mass is 14.6. The van der Waals surface area contributed by atoms with E-state index in [1.54, 1.807) is 12.4 Å². The van der Waals surface area contributed by atoms with E-state index in [2.05, 4.69) is 38.9 Å². The Morgan fingerprint density at radius 3 is 1.94 bits per heavy atom. The van der Waals surface area contributed by atoms with E-state index in [9.17, 15) is 0 Å². The van der Waals surface area contributed by atoms with E-state index >= 15 is 0 Å². The predicted octanol–water partition coefficient (Wildman–Crippen LogP) is 4.89. The smallest absolute Gasteiger partial charge is 0.0273 e. The van der Waals surface area contributed by atoms with Crippen LogP contribution in [-0.2, 0) is 0 Å². The second-order valence-electron chi connectivity index (χ2n) is 4.47. The van der Waals surface area contributed by atoms with Gasteiger partial charge in [-0.25, -0.2) is 0 Å². The molecule has 0 saturated carbocycles. The highest BCUT2D eigenvalue weighted by Crippen LogP contribution is 2.19. The van der Waals surface area contributed by atoms with Crippen LogP contribution in [0.3, 0.4) is 0 Å². The fraction of sp³-hybridized carbons (Fsp3) is 0.312. The summed E-state index contributed by atoms with van der Waals surface area (Å²) < 4.78 is 0. The number of hydrogen-bond donors (Lipinski definition) is 0. The number of pyridine rings is 1. The molecule has 0 atom stereocenters. The molecule has 1 aromatic heterocycles. The normalized spacial score (nSPS) is 11.1. The van der Waals surface area contributed by atoms with Gasteiger partial charge in [-0.05, 0) is 41.7 Å². The SMILES string of the molecule is C=C/C(C)=C(\C=C)c1ccncc1.CC(C)C. The van der Waals surface area contributed by atoms with Gasteiger partial charge in [0, 0.05) is 12.4 Å². The van der Waals surface area contributed by atoms with Gasteiger partial charge >= 0.3 is 0 Å². The van der Waals surface area contributed by atoms with Crippen LogP contribution in [0.15, 0.2) is 55.4 Å². The van der Waals surface area contributed by atoms with E-state index in [0.29, 0.717) is 0 Å². The van der Waals surface area contributed by atoms with E-state index in [1.165, 1.54) is 0 Å². The molecule has 0 amide bonds. The van der Waals surface area contributed by atoms with E-state index in [1.807, 2.05) is 31.2 Å². The summed E-state index contributed by atoms with van der Waals surface area (Å²) in [5.74, 6) is 0.833. The molecule has 1 heterocycles. The van der Waals surface area contributed by atoms with E-state index in [4.69, 9.17) is 0 Å². The third-order valence-corrected chi connectivity index (χ3v) is 1.93. The van der Waals surface area contributed by atoms with Gasteiger partial charge in [0.1, 0.15) is 0 Å². The number of nitrogens with zero attached hydrogens (tertiary/aromatic N) is 1. The van der Waals surface area contributed by atoms with Crippen LogP contribution >= 0.6 is 0 Å². The van der Waals surface area contributed by atoms with Crippen molar-refractivity contribution in [3.63, 3.8) is 0 Å². The minimum atomic E-state index is 0.833. The Balaban J connectivity index is 0.000000557. The zero-order valence-electron chi connectivity index (χ0n) is 11.4. The van der Waals surface area contributed by atoms with E-state index < -0.39 is 0 Å². The third kappa shape index (κ3) is 6.52. The van der Waals surface area contributed by atoms with Crippen molar-refractivity contribution in [1.29, 1.82) is 0 Å². The average Bonchev–Trinajstić information content (AvgIpc) is 2.30. The lowest BCUT2D eigenvalue weighted by Crippen LogP contribution is -1.84. The summed E-state index contributed by atoms with van der Waals surface area (Å²) in [4.78, 5) is 3.96. The first-order chi connectivity index (χ1) is 8.02. The quantitative estimate of drug-likeness (QED) is 0.672. The minimum absolute atomic E-state index is 0.833. The third-order valence-electron chi connectivity index (χ3n) is 1.93. The topological polar surface area (TPSA) is 12.9 Å². The molecule has 0 unspecified atom stereocenters. The molecule has 1 nitrogen and oxygen atoms in total. The molecule has 0 aliphatic rings. The molecule has 17 heavy (non-hydrogen) atoms. The highest BCUT2D eigenvalue weighted by Gasteiger charge is 1.98. The monoisotopic (exact) mass is 229 g/mol. The Kier molecular flexibility index (Phi) is 7.70. The van der Waals surface area contributed by atoms with Crippen LogP contribution in [0.1, 0.15) is 33.3 Å². The largest absolute Gasteiger partial charge is 0.265 e. The molecule has 0 N–H and O–H groups in total. The lowest BCUT2D eigenvalue weighted by Gasteiger charge is -2.03. The summed E-state index contributed by atoms with van der Waals surface area (Å²) in [6.07, 6.45) is 7.22. The fourth-order valence-electron chi connectivity index (χ4n) is 1.15. The van der Waals surface area contributed by atoms with Crippen molar-refractivity contribution in [2.24, 2.45) is 5.92 Å². The zero-order chi connectivity index (χ0) is 13.3. The van der Waals surface area contributed by atoms with Crippen molar-refractivity contribution < 1.29 is 0 Å². The lowest BCUT2D eigenvalue weighted by atomic mass is 10.0. The van der Waals surface area contributed by atoms with Crippen LogP contribution in [0.4, 0.5) is 0 Å². The zero-order valence-corrected chi connectivity index (χ0v) is 11.4. The summed E-state index contributed by atoms with van der Waals surface area (Å²) in [7, 11) is 0. The summed E-state index contributed by atoms with van der Waals surface area (Å²) in [5.41, 5.74) is 3.36. The predicted molar refractivity (Wildman–Crippen MR) is 77.7 cm³/mol. The molecule has 0 bridgehead atoms. The second kappa shape index (κ2) is 8.51. The molecule has 0 fully saturated rings. The molecule has 0 aromatic carbocycles. The molecular formula is C16H23N. The Morgan fingerprint density at radius 2 is 1.59 bits per heavy atom. The average molecular weight is 229 g/mol. The number of aromatic nitrogens is 1. The van der Waals surface area contributed by atoms with Crippen LogP contribution in [0.2, 0.25) is 0 Å². The maximum Gasteiger partial charge on any atom is 0.0273 e. The van der Waals surface area contributed by atoms with Gasteiger partial charge < -0.3 is 0 Å². The summed E-state index contributed by atoms with van der Waals surface area (Å²) in [5, 5.41) is 0. The fourth-order valence-corrected chi connectivity index (χ4v) is 1.15. The molecule has 0 aliphatic heterocycles. The van der Waals surface area contributed by atoms with Crippen molar-refractivity contribution >= 4 is 5.57 Å². The summed E-state index contributed by atoms with van der Waals surface area (Å²) in [6.45, 7) is 16.0. The van der Waals surface area contributed by atoms with E-state index in [-0.39, 0.29) is 0 Å². The Hall–Kier alpha value is -1.63.